The molecular formula is C25H27N9O2. The Labute approximate surface area is 207 Å². The lowest BCUT2D eigenvalue weighted by Crippen LogP contribution is -2.42. The lowest BCUT2D eigenvalue weighted by Gasteiger charge is -2.17. The van der Waals surface area contributed by atoms with Crippen molar-refractivity contribution in [3.8, 4) is 11.8 Å². The minimum Gasteiger partial charge on any atom is -0.478 e. The molecule has 0 atom stereocenters. The molecule has 184 valence electrons. The van der Waals surface area contributed by atoms with Gasteiger partial charge in [0.1, 0.15) is 0 Å². The van der Waals surface area contributed by atoms with Gasteiger partial charge in [0.05, 0.1) is 36.7 Å². The number of aromatic nitrogens is 4. The summed E-state index contributed by atoms with van der Waals surface area (Å²) in [7, 11) is 3.09. The monoisotopic (exact) mass is 485 g/mol. The molecule has 0 unspecified atom stereocenters. The molecule has 0 aromatic carbocycles. The molecule has 36 heavy (non-hydrogen) atoms. The first-order valence-corrected chi connectivity index (χ1v) is 11.3. The average Bonchev–Trinajstić information content (AvgIpc) is 3.40. The molecule has 0 amide bonds. The van der Waals surface area contributed by atoms with E-state index in [0.29, 0.717) is 34.7 Å². The molecule has 1 aliphatic heterocycles. The van der Waals surface area contributed by atoms with Crippen molar-refractivity contribution in [2.75, 3.05) is 14.2 Å². The van der Waals surface area contributed by atoms with E-state index < -0.39 is 0 Å². The van der Waals surface area contributed by atoms with Crippen LogP contribution in [0.15, 0.2) is 46.0 Å². The van der Waals surface area contributed by atoms with Crippen molar-refractivity contribution in [2.45, 2.75) is 27.7 Å². The smallest absolute Gasteiger partial charge is 0.259 e. The van der Waals surface area contributed by atoms with Gasteiger partial charge in [-0.3, -0.25) is 5.41 Å². The molecule has 11 heteroatoms. The number of hydrogen-bond donors (Lipinski definition) is 3. The van der Waals surface area contributed by atoms with E-state index in [2.05, 4.69) is 15.5 Å². The summed E-state index contributed by atoms with van der Waals surface area (Å²) in [6.45, 7) is 8.00. The molecule has 5 heterocycles. The van der Waals surface area contributed by atoms with Crippen molar-refractivity contribution < 1.29 is 9.47 Å². The third-order valence-corrected chi connectivity index (χ3v) is 6.39. The largest absolute Gasteiger partial charge is 0.478 e. The number of aryl methyl sites for hydroxylation is 4. The van der Waals surface area contributed by atoms with Gasteiger partial charge in [-0.15, -0.1) is 10.2 Å². The number of nitrogens with zero attached hydrogens (tertiary/aromatic N) is 6. The van der Waals surface area contributed by atoms with Gasteiger partial charge in [0.25, 0.3) is 11.8 Å². The van der Waals surface area contributed by atoms with Gasteiger partial charge in [-0.1, -0.05) is 12.1 Å². The predicted octanol–water partition coefficient (Wildman–Crippen LogP) is 3.46. The number of aliphatic imine (C=N–C) groups is 2. The zero-order valence-electron chi connectivity index (χ0n) is 21.0. The molecule has 0 spiro atoms. The number of rotatable bonds is 4. The fraction of sp³-hybridized carbons (Fsp3) is 0.240. The van der Waals surface area contributed by atoms with Crippen molar-refractivity contribution in [3.05, 3.63) is 58.6 Å². The Morgan fingerprint density at radius 1 is 0.806 bits per heavy atom. The van der Waals surface area contributed by atoms with Gasteiger partial charge in [0.2, 0.25) is 0 Å². The van der Waals surface area contributed by atoms with Crippen LogP contribution in [0.3, 0.4) is 0 Å². The molecule has 1 aliphatic rings. The average molecular weight is 486 g/mol. The Morgan fingerprint density at radius 2 is 1.28 bits per heavy atom. The first kappa shape index (κ1) is 23.1. The van der Waals surface area contributed by atoms with Gasteiger partial charge in [-0.05, 0) is 57.0 Å². The highest BCUT2D eigenvalue weighted by Crippen LogP contribution is 2.35. The van der Waals surface area contributed by atoms with E-state index in [0.717, 1.165) is 33.5 Å². The zero-order valence-corrected chi connectivity index (χ0v) is 21.0. The summed E-state index contributed by atoms with van der Waals surface area (Å²) < 4.78 is 14.6. The normalized spacial score (nSPS) is 16.2. The number of fused-ring (bicyclic) bond motifs is 2. The lowest BCUT2D eigenvalue weighted by molar-refractivity contribution is 0.396. The van der Waals surface area contributed by atoms with Crippen LogP contribution in [0.5, 0.6) is 11.8 Å². The van der Waals surface area contributed by atoms with E-state index in [1.807, 2.05) is 52.0 Å². The second kappa shape index (κ2) is 8.52. The summed E-state index contributed by atoms with van der Waals surface area (Å²) in [4.78, 5) is 9.46. The Bertz CT molecular complexity index is 1650. The van der Waals surface area contributed by atoms with Crippen LogP contribution in [0.2, 0.25) is 0 Å². The molecule has 0 aliphatic carbocycles. The van der Waals surface area contributed by atoms with Crippen LogP contribution >= 0.6 is 0 Å². The summed E-state index contributed by atoms with van der Waals surface area (Å²) in [5.41, 5.74) is 13.3. The Kier molecular flexibility index (Phi) is 5.47. The zero-order chi connectivity index (χ0) is 25.7. The molecule has 0 saturated heterocycles. The standard InChI is InChI=1S/C25H27N9O2/c1-12-7-9-18-20(24(35-5)31-33(18)14(12)3)28-22-16(26)11-17(27)23(30-22)29-21-19-10-8-13(2)15(4)34(19)32-25(21)36-6/h7-11,26H,27H2,1-6H3,(H,28,29,30). The van der Waals surface area contributed by atoms with Crippen molar-refractivity contribution in [2.24, 2.45) is 15.7 Å². The topological polar surface area (TPSA) is 140 Å². The summed E-state index contributed by atoms with van der Waals surface area (Å²) >= 11 is 0. The second-order valence-corrected chi connectivity index (χ2v) is 8.57. The maximum absolute atomic E-state index is 8.48. The van der Waals surface area contributed by atoms with Crippen LogP contribution < -0.4 is 20.5 Å². The fourth-order valence-electron chi connectivity index (χ4n) is 4.03. The molecule has 0 fully saturated rings. The Balaban J connectivity index is 1.64. The van der Waals surface area contributed by atoms with Gasteiger partial charge in [-0.2, -0.15) is 0 Å². The minimum atomic E-state index is 0.106. The molecule has 4 aromatic rings. The van der Waals surface area contributed by atoms with Gasteiger partial charge < -0.3 is 20.5 Å². The highest BCUT2D eigenvalue weighted by molar-refractivity contribution is 6.50. The third kappa shape index (κ3) is 3.56. The minimum absolute atomic E-state index is 0.106. The SMILES string of the molecule is COc1nn2c(C)c(C)ccc2c1N=C1NC(=Nc2c(OC)nn3c(C)c(C)ccc23)C(N)=CC1=N. The van der Waals surface area contributed by atoms with Crippen molar-refractivity contribution in [1.82, 2.24) is 24.5 Å². The first-order valence-electron chi connectivity index (χ1n) is 11.3. The van der Waals surface area contributed by atoms with Crippen LogP contribution in [0, 0.1) is 33.1 Å². The number of nitrogens with one attached hydrogen (secondary N) is 2. The molecule has 0 bridgehead atoms. The van der Waals surface area contributed by atoms with Crippen LogP contribution in [0.25, 0.3) is 11.0 Å². The maximum Gasteiger partial charge on any atom is 0.259 e. The number of ether oxygens (including phenoxy) is 2. The van der Waals surface area contributed by atoms with Crippen molar-refractivity contribution in [1.29, 1.82) is 5.41 Å². The number of nitrogens with two attached hydrogens (primary N) is 1. The Morgan fingerprint density at radius 3 is 1.75 bits per heavy atom. The van der Waals surface area contributed by atoms with Crippen LogP contribution in [0.1, 0.15) is 22.5 Å². The second-order valence-electron chi connectivity index (χ2n) is 8.57. The molecule has 11 nitrogen and oxygen atoms in total. The fourth-order valence-corrected chi connectivity index (χ4v) is 4.03. The Hall–Kier alpha value is -4.67. The van der Waals surface area contributed by atoms with Crippen LogP contribution in [-0.2, 0) is 0 Å². The molecule has 4 N–H and O–H groups in total. The first-order chi connectivity index (χ1) is 17.2. The summed E-state index contributed by atoms with van der Waals surface area (Å²) in [6, 6.07) is 7.87. The maximum atomic E-state index is 8.48. The number of hydrogen-bond acceptors (Lipinski definition) is 8. The van der Waals surface area contributed by atoms with Crippen molar-refractivity contribution in [3.63, 3.8) is 0 Å². The van der Waals surface area contributed by atoms with Gasteiger partial charge in [0.15, 0.2) is 23.0 Å². The van der Waals surface area contributed by atoms with E-state index in [1.165, 1.54) is 6.08 Å². The van der Waals surface area contributed by atoms with E-state index in [-0.39, 0.29) is 11.5 Å². The van der Waals surface area contributed by atoms with Crippen LogP contribution in [0.4, 0.5) is 11.4 Å². The highest BCUT2D eigenvalue weighted by atomic mass is 16.5. The van der Waals surface area contributed by atoms with Crippen molar-refractivity contribution >= 4 is 39.8 Å². The van der Waals surface area contributed by atoms with Gasteiger partial charge in [0, 0.05) is 11.4 Å². The predicted molar refractivity (Wildman–Crippen MR) is 140 cm³/mol. The van der Waals surface area contributed by atoms with Gasteiger partial charge in [-0.25, -0.2) is 19.0 Å². The van der Waals surface area contributed by atoms with E-state index >= 15 is 0 Å². The number of methoxy groups -OCH3 is 2. The summed E-state index contributed by atoms with van der Waals surface area (Å²) in [5, 5.41) is 20.7. The summed E-state index contributed by atoms with van der Waals surface area (Å²) in [5.74, 6) is 1.30. The summed E-state index contributed by atoms with van der Waals surface area (Å²) in [6.07, 6.45) is 1.51. The molecule has 0 saturated carbocycles. The third-order valence-electron chi connectivity index (χ3n) is 6.39. The quantitative estimate of drug-likeness (QED) is 0.404. The number of pyridine rings is 2. The molecular weight excluding hydrogens is 458 g/mol. The lowest BCUT2D eigenvalue weighted by atomic mass is 10.2. The van der Waals surface area contributed by atoms with E-state index in [4.69, 9.17) is 30.6 Å². The van der Waals surface area contributed by atoms with Gasteiger partial charge >= 0.3 is 0 Å². The molecule has 4 aromatic heterocycles. The highest BCUT2D eigenvalue weighted by Gasteiger charge is 2.23. The molecule has 0 radical (unpaired) electrons. The van der Waals surface area contributed by atoms with Crippen LogP contribution in [-0.4, -0.2) is 50.8 Å². The number of amidine groups is 2. The molecule has 5 rings (SSSR count). The van der Waals surface area contributed by atoms with E-state index in [9.17, 15) is 0 Å². The van der Waals surface area contributed by atoms with E-state index in [1.54, 1.807) is 23.3 Å².